The molecular formula is C10H17ClNO3S+. The first-order valence-electron chi connectivity index (χ1n) is 4.89. The van der Waals surface area contributed by atoms with Crippen molar-refractivity contribution in [2.24, 2.45) is 0 Å². The maximum atomic E-state index is 10.9. The predicted molar refractivity (Wildman–Crippen MR) is 64.9 cm³/mol. The minimum absolute atomic E-state index is 0.190. The van der Waals surface area contributed by atoms with Gasteiger partial charge >= 0.3 is 0 Å². The van der Waals surface area contributed by atoms with E-state index in [1.54, 1.807) is 24.3 Å². The maximum Gasteiger partial charge on any atom is 0.236 e. The molecule has 0 radical (unpaired) electrons. The van der Waals surface area contributed by atoms with Crippen LogP contribution in [0.25, 0.3) is 0 Å². The molecule has 0 atom stereocenters. The number of halogens is 1. The summed E-state index contributed by atoms with van der Waals surface area (Å²) in [6, 6.07) is 7.02. The minimum atomic E-state index is -3.52. The van der Waals surface area contributed by atoms with Crippen molar-refractivity contribution in [2.45, 2.75) is 19.6 Å². The van der Waals surface area contributed by atoms with E-state index in [9.17, 15) is 8.42 Å². The summed E-state index contributed by atoms with van der Waals surface area (Å²) < 4.78 is 21.7. The Balaban J connectivity index is 0.00000106. The first-order valence-corrected chi connectivity index (χ1v) is 7.37. The summed E-state index contributed by atoms with van der Waals surface area (Å²) in [5.74, 6) is -0.190. The van der Waals surface area contributed by atoms with Gasteiger partial charge in [0.15, 0.2) is 5.69 Å². The Morgan fingerprint density at radius 1 is 1.31 bits per heavy atom. The third-order valence-corrected chi connectivity index (χ3v) is 2.61. The molecule has 0 aromatic heterocycles. The molecule has 0 aliphatic carbocycles. The number of nitrogens with two attached hydrogens (primary N) is 1. The first-order chi connectivity index (χ1) is 7.53. The van der Waals surface area contributed by atoms with Crippen LogP contribution in [0.2, 0.25) is 0 Å². The molecule has 1 aromatic rings. The molecule has 92 valence electrons. The third kappa shape index (κ3) is 6.07. The lowest BCUT2D eigenvalue weighted by molar-refractivity contribution is -0.830. The molecule has 0 aliphatic rings. The second-order valence-corrected chi connectivity index (χ2v) is 5.51. The molecule has 16 heavy (non-hydrogen) atoms. The average molecular weight is 267 g/mol. The Labute approximate surface area is 101 Å². The normalized spacial score (nSPS) is 10.5. The molecule has 0 saturated carbocycles. The van der Waals surface area contributed by atoms with Crippen LogP contribution in [0.4, 0.5) is 5.69 Å². The quantitative estimate of drug-likeness (QED) is 0.511. The molecule has 1 rings (SSSR count). The molecule has 0 aliphatic heterocycles. The summed E-state index contributed by atoms with van der Waals surface area (Å²) in [7, 11) is 3.14. The van der Waals surface area contributed by atoms with Crippen LogP contribution >= 0.6 is 10.7 Å². The van der Waals surface area contributed by atoms with Gasteiger partial charge in [-0.25, -0.2) is 13.3 Å². The van der Waals surface area contributed by atoms with Crippen molar-refractivity contribution in [3.05, 3.63) is 29.8 Å². The van der Waals surface area contributed by atoms with Crippen LogP contribution in [0, 0.1) is 0 Å². The molecule has 4 nitrogen and oxygen atoms in total. The molecule has 0 heterocycles. The number of rotatable bonds is 4. The highest BCUT2D eigenvalue weighted by molar-refractivity contribution is 8.13. The topological polar surface area (TPSA) is 60.0 Å². The van der Waals surface area contributed by atoms with Crippen LogP contribution in [-0.2, 0) is 19.6 Å². The van der Waals surface area contributed by atoms with E-state index < -0.39 is 9.05 Å². The third-order valence-electron chi connectivity index (χ3n) is 1.63. The summed E-state index contributed by atoms with van der Waals surface area (Å²) >= 11 is 0. The Kier molecular flexibility index (Phi) is 7.33. The highest BCUT2D eigenvalue weighted by Crippen LogP contribution is 2.15. The van der Waals surface area contributed by atoms with Gasteiger partial charge in [-0.15, -0.1) is 0 Å². The smallest absolute Gasteiger partial charge is 0.212 e. The molecule has 0 saturated heterocycles. The van der Waals surface area contributed by atoms with E-state index in [0.29, 0.717) is 5.56 Å². The van der Waals surface area contributed by atoms with Crippen LogP contribution < -0.4 is 5.48 Å². The van der Waals surface area contributed by atoms with E-state index in [-0.39, 0.29) is 5.75 Å². The van der Waals surface area contributed by atoms with Gasteiger partial charge in [0, 0.05) is 22.3 Å². The molecule has 0 fully saturated rings. The van der Waals surface area contributed by atoms with Gasteiger partial charge in [0.25, 0.3) is 0 Å². The van der Waals surface area contributed by atoms with Gasteiger partial charge in [-0.05, 0) is 0 Å². The average Bonchev–Trinajstić information content (AvgIpc) is 2.22. The summed E-state index contributed by atoms with van der Waals surface area (Å²) in [5.41, 5.74) is 2.83. The van der Waals surface area contributed by atoms with Gasteiger partial charge in [-0.1, -0.05) is 32.0 Å². The number of benzene rings is 1. The van der Waals surface area contributed by atoms with Crippen molar-refractivity contribution in [1.29, 1.82) is 0 Å². The second-order valence-electron chi connectivity index (χ2n) is 2.74. The van der Waals surface area contributed by atoms with Crippen LogP contribution in [0.5, 0.6) is 0 Å². The summed E-state index contributed by atoms with van der Waals surface area (Å²) in [6.07, 6.45) is 0. The minimum Gasteiger partial charge on any atom is -0.212 e. The number of hydrogen-bond acceptors (Lipinski definition) is 3. The number of quaternary nitrogens is 1. The van der Waals surface area contributed by atoms with E-state index in [4.69, 9.17) is 15.5 Å². The van der Waals surface area contributed by atoms with E-state index in [2.05, 4.69) is 0 Å². The Morgan fingerprint density at radius 2 is 1.88 bits per heavy atom. The Hall–Kier alpha value is -0.620. The highest BCUT2D eigenvalue weighted by Gasteiger charge is 2.13. The zero-order valence-electron chi connectivity index (χ0n) is 9.60. The van der Waals surface area contributed by atoms with Crippen molar-refractivity contribution < 1.29 is 18.7 Å². The maximum absolute atomic E-state index is 10.9. The van der Waals surface area contributed by atoms with Crippen LogP contribution in [0.3, 0.4) is 0 Å². The highest BCUT2D eigenvalue weighted by atomic mass is 35.7. The molecule has 0 spiro atoms. The molecule has 0 amide bonds. The van der Waals surface area contributed by atoms with Crippen LogP contribution in [0.15, 0.2) is 24.3 Å². The fourth-order valence-electron chi connectivity index (χ4n) is 1.09. The van der Waals surface area contributed by atoms with Crippen molar-refractivity contribution in [3.63, 3.8) is 0 Å². The van der Waals surface area contributed by atoms with Gasteiger partial charge in [0.2, 0.25) is 9.05 Å². The fraction of sp³-hybridized carbons (Fsp3) is 0.400. The predicted octanol–water partition coefficient (Wildman–Crippen LogP) is 1.54. The molecule has 1 aromatic carbocycles. The second kappa shape index (κ2) is 7.62. The van der Waals surface area contributed by atoms with Crippen LogP contribution in [-0.4, -0.2) is 15.5 Å². The molecule has 0 unspecified atom stereocenters. The van der Waals surface area contributed by atoms with E-state index >= 15 is 0 Å². The lowest BCUT2D eigenvalue weighted by Gasteiger charge is -2.02. The molecule has 2 N–H and O–H groups in total. The zero-order valence-corrected chi connectivity index (χ0v) is 11.2. The standard InChI is InChI=1S/C8H10ClNO3S.C2H6/c1-13-10-8-5-3-2-4-7(8)6-14(9,11)12;1-2/h2-5,10H,6H2,1H3;1-2H3/p+1. The Morgan fingerprint density at radius 3 is 2.38 bits per heavy atom. The summed E-state index contributed by atoms with van der Waals surface area (Å²) in [5, 5.41) is 0. The zero-order chi connectivity index (χ0) is 12.6. The first kappa shape index (κ1) is 15.4. The van der Waals surface area contributed by atoms with Crippen molar-refractivity contribution in [3.8, 4) is 0 Å². The lowest BCUT2D eigenvalue weighted by Crippen LogP contribution is -2.76. The van der Waals surface area contributed by atoms with Gasteiger partial charge < -0.3 is 0 Å². The molecular weight excluding hydrogens is 250 g/mol. The van der Waals surface area contributed by atoms with Gasteiger partial charge in [0.1, 0.15) is 0 Å². The number of hydrogen-bond donors (Lipinski definition) is 1. The Bertz CT molecular complexity index is 406. The van der Waals surface area contributed by atoms with Gasteiger partial charge in [-0.2, -0.15) is 5.48 Å². The fourth-order valence-corrected chi connectivity index (χ4v) is 2.08. The van der Waals surface area contributed by atoms with E-state index in [0.717, 1.165) is 5.69 Å². The largest absolute Gasteiger partial charge is 0.236 e. The molecule has 0 bridgehead atoms. The van der Waals surface area contributed by atoms with Crippen molar-refractivity contribution in [2.75, 3.05) is 7.11 Å². The monoisotopic (exact) mass is 266 g/mol. The summed E-state index contributed by atoms with van der Waals surface area (Å²) in [4.78, 5) is 4.82. The lowest BCUT2D eigenvalue weighted by atomic mass is 10.2. The van der Waals surface area contributed by atoms with Crippen LogP contribution in [0.1, 0.15) is 19.4 Å². The van der Waals surface area contributed by atoms with Gasteiger partial charge in [0.05, 0.1) is 12.9 Å². The van der Waals surface area contributed by atoms with Gasteiger partial charge in [-0.3, -0.25) is 0 Å². The SMILES string of the molecule is CC.CO[NH2+]c1ccccc1CS(=O)(=O)Cl. The van der Waals surface area contributed by atoms with E-state index in [1.807, 2.05) is 13.8 Å². The molecule has 6 heteroatoms. The van der Waals surface area contributed by atoms with Crippen molar-refractivity contribution in [1.82, 2.24) is 0 Å². The summed E-state index contributed by atoms with van der Waals surface area (Å²) in [6.45, 7) is 4.00. The van der Waals surface area contributed by atoms with Crippen molar-refractivity contribution >= 4 is 25.4 Å². The van der Waals surface area contributed by atoms with E-state index in [1.165, 1.54) is 12.6 Å².